The number of carbonyl (C=O) groups is 1. The van der Waals surface area contributed by atoms with Crippen LogP contribution in [0.3, 0.4) is 0 Å². The molecule has 4 heteroatoms. The Bertz CT molecular complexity index is 590. The molecule has 1 N–H and O–H groups in total. The molecule has 1 amide bonds. The molecule has 0 radical (unpaired) electrons. The summed E-state index contributed by atoms with van der Waals surface area (Å²) in [5, 5.41) is 9.47. The minimum atomic E-state index is -1.01. The molecule has 0 unspecified atom stereocenters. The van der Waals surface area contributed by atoms with E-state index in [0.29, 0.717) is 18.0 Å². The minimum absolute atomic E-state index is 0.584. The van der Waals surface area contributed by atoms with Crippen LogP contribution < -0.4 is 9.64 Å². The van der Waals surface area contributed by atoms with Crippen LogP contribution in [0.25, 0.3) is 0 Å². The summed E-state index contributed by atoms with van der Waals surface area (Å²) in [5.41, 5.74) is 2.40. The Balaban J connectivity index is 2.31. The summed E-state index contributed by atoms with van der Waals surface area (Å²) >= 11 is 0. The molecule has 0 aliphatic heterocycles. The van der Waals surface area contributed by atoms with Gasteiger partial charge in [-0.15, -0.1) is 0 Å². The molecular weight excluding hydrogens is 266 g/mol. The summed E-state index contributed by atoms with van der Waals surface area (Å²) in [7, 11) is 0. The molecule has 0 saturated carbocycles. The molecule has 0 saturated heterocycles. The SMILES string of the molecule is CCOc1ccc(N(C(=O)O)c2ccc(CC)cc2)cc1. The van der Waals surface area contributed by atoms with Gasteiger partial charge in [0.25, 0.3) is 0 Å². The van der Waals surface area contributed by atoms with Crippen molar-refractivity contribution in [2.75, 3.05) is 11.5 Å². The van der Waals surface area contributed by atoms with Crippen molar-refractivity contribution in [3.05, 3.63) is 54.1 Å². The highest BCUT2D eigenvalue weighted by molar-refractivity contribution is 5.94. The first kappa shape index (κ1) is 14.9. The molecule has 2 aromatic carbocycles. The third-order valence-corrected chi connectivity index (χ3v) is 3.20. The van der Waals surface area contributed by atoms with Crippen LogP contribution in [0.1, 0.15) is 19.4 Å². The summed E-state index contributed by atoms with van der Waals surface area (Å²) < 4.78 is 5.37. The molecule has 0 aliphatic carbocycles. The second-order valence-electron chi connectivity index (χ2n) is 4.56. The van der Waals surface area contributed by atoms with Crippen LogP contribution in [-0.4, -0.2) is 17.8 Å². The number of benzene rings is 2. The van der Waals surface area contributed by atoms with E-state index in [2.05, 4.69) is 6.92 Å². The number of amides is 1. The van der Waals surface area contributed by atoms with E-state index >= 15 is 0 Å². The first-order valence-electron chi connectivity index (χ1n) is 7.00. The van der Waals surface area contributed by atoms with E-state index in [1.807, 2.05) is 31.2 Å². The Morgan fingerprint density at radius 3 is 1.95 bits per heavy atom. The Kier molecular flexibility index (Phi) is 4.82. The third kappa shape index (κ3) is 3.54. The van der Waals surface area contributed by atoms with Crippen LogP contribution in [0.15, 0.2) is 48.5 Å². The van der Waals surface area contributed by atoms with Crippen molar-refractivity contribution in [3.63, 3.8) is 0 Å². The zero-order valence-electron chi connectivity index (χ0n) is 12.2. The highest BCUT2D eigenvalue weighted by Gasteiger charge is 2.16. The summed E-state index contributed by atoms with van der Waals surface area (Å²) in [5.74, 6) is 0.730. The first-order chi connectivity index (χ1) is 10.2. The van der Waals surface area contributed by atoms with Crippen LogP contribution in [-0.2, 0) is 6.42 Å². The molecule has 0 atom stereocenters. The van der Waals surface area contributed by atoms with E-state index in [0.717, 1.165) is 12.2 Å². The Morgan fingerprint density at radius 2 is 1.52 bits per heavy atom. The lowest BCUT2D eigenvalue weighted by Gasteiger charge is -2.20. The van der Waals surface area contributed by atoms with Crippen molar-refractivity contribution in [1.82, 2.24) is 0 Å². The summed E-state index contributed by atoms with van der Waals surface area (Å²) in [6, 6.07) is 14.6. The number of rotatable bonds is 5. The maximum atomic E-state index is 11.6. The number of nitrogens with zero attached hydrogens (tertiary/aromatic N) is 1. The Hall–Kier alpha value is -2.49. The fourth-order valence-corrected chi connectivity index (χ4v) is 2.11. The number of aryl methyl sites for hydroxylation is 1. The maximum Gasteiger partial charge on any atom is 0.416 e. The second-order valence-corrected chi connectivity index (χ2v) is 4.56. The van der Waals surface area contributed by atoms with E-state index in [-0.39, 0.29) is 0 Å². The maximum absolute atomic E-state index is 11.6. The van der Waals surface area contributed by atoms with Gasteiger partial charge in [0.15, 0.2) is 0 Å². The Labute approximate surface area is 124 Å². The molecule has 0 aromatic heterocycles. The molecule has 0 aliphatic rings. The molecule has 4 nitrogen and oxygen atoms in total. The summed E-state index contributed by atoms with van der Waals surface area (Å²) in [6.07, 6.45) is -0.0837. The van der Waals surface area contributed by atoms with E-state index in [1.54, 1.807) is 24.3 Å². The highest BCUT2D eigenvalue weighted by Crippen LogP contribution is 2.27. The zero-order chi connectivity index (χ0) is 15.2. The fourth-order valence-electron chi connectivity index (χ4n) is 2.11. The number of ether oxygens (including phenoxy) is 1. The summed E-state index contributed by atoms with van der Waals surface area (Å²) in [6.45, 7) is 4.56. The quantitative estimate of drug-likeness (QED) is 0.882. The van der Waals surface area contributed by atoms with Crippen molar-refractivity contribution >= 4 is 17.5 Å². The molecule has 0 heterocycles. The zero-order valence-corrected chi connectivity index (χ0v) is 12.2. The largest absolute Gasteiger partial charge is 0.494 e. The van der Waals surface area contributed by atoms with E-state index in [1.165, 1.54) is 10.5 Å². The fraction of sp³-hybridized carbons (Fsp3) is 0.235. The average Bonchev–Trinajstić information content (AvgIpc) is 2.50. The van der Waals surface area contributed by atoms with Gasteiger partial charge in [-0.05, 0) is 55.3 Å². The second kappa shape index (κ2) is 6.79. The predicted molar refractivity (Wildman–Crippen MR) is 83.6 cm³/mol. The van der Waals surface area contributed by atoms with Gasteiger partial charge in [0, 0.05) is 0 Å². The molecule has 21 heavy (non-hydrogen) atoms. The van der Waals surface area contributed by atoms with Crippen LogP contribution in [0, 0.1) is 0 Å². The molecule has 110 valence electrons. The third-order valence-electron chi connectivity index (χ3n) is 3.20. The molecule has 0 spiro atoms. The average molecular weight is 285 g/mol. The Morgan fingerprint density at radius 1 is 1.00 bits per heavy atom. The van der Waals surface area contributed by atoms with Gasteiger partial charge < -0.3 is 9.84 Å². The van der Waals surface area contributed by atoms with Crippen LogP contribution in [0.5, 0.6) is 5.75 Å². The van der Waals surface area contributed by atoms with Crippen molar-refractivity contribution in [1.29, 1.82) is 0 Å². The smallest absolute Gasteiger partial charge is 0.416 e. The van der Waals surface area contributed by atoms with Crippen LogP contribution in [0.4, 0.5) is 16.2 Å². The standard InChI is InChI=1S/C17H19NO3/c1-3-13-5-7-14(8-6-13)18(17(19)20)15-9-11-16(12-10-15)21-4-2/h5-12H,3-4H2,1-2H3,(H,19,20). The molecule has 0 fully saturated rings. The van der Waals surface area contributed by atoms with Gasteiger partial charge in [0.05, 0.1) is 18.0 Å². The molecule has 0 bridgehead atoms. The number of hydrogen-bond donors (Lipinski definition) is 1. The van der Waals surface area contributed by atoms with Crippen molar-refractivity contribution in [3.8, 4) is 5.75 Å². The lowest BCUT2D eigenvalue weighted by Crippen LogP contribution is -2.23. The van der Waals surface area contributed by atoms with Gasteiger partial charge in [-0.25, -0.2) is 9.69 Å². The van der Waals surface area contributed by atoms with Crippen molar-refractivity contribution < 1.29 is 14.6 Å². The minimum Gasteiger partial charge on any atom is -0.494 e. The number of carboxylic acid groups (broad SMARTS) is 1. The van der Waals surface area contributed by atoms with Gasteiger partial charge in [-0.3, -0.25) is 0 Å². The molecule has 2 aromatic rings. The van der Waals surface area contributed by atoms with Crippen LogP contribution >= 0.6 is 0 Å². The predicted octanol–water partition coefficient (Wildman–Crippen LogP) is 4.46. The van der Waals surface area contributed by atoms with Gasteiger partial charge in [-0.1, -0.05) is 19.1 Å². The normalized spacial score (nSPS) is 10.2. The van der Waals surface area contributed by atoms with E-state index in [9.17, 15) is 9.90 Å². The monoisotopic (exact) mass is 285 g/mol. The molecular formula is C17H19NO3. The lowest BCUT2D eigenvalue weighted by molar-refractivity contribution is 0.205. The van der Waals surface area contributed by atoms with Crippen LogP contribution in [0.2, 0.25) is 0 Å². The van der Waals surface area contributed by atoms with E-state index in [4.69, 9.17) is 4.74 Å². The number of hydrogen-bond acceptors (Lipinski definition) is 2. The van der Waals surface area contributed by atoms with E-state index < -0.39 is 6.09 Å². The number of anilines is 2. The first-order valence-corrected chi connectivity index (χ1v) is 7.00. The molecule has 2 rings (SSSR count). The highest BCUT2D eigenvalue weighted by atomic mass is 16.5. The summed E-state index contributed by atoms with van der Waals surface area (Å²) in [4.78, 5) is 12.8. The topological polar surface area (TPSA) is 49.8 Å². The van der Waals surface area contributed by atoms with Gasteiger partial charge in [0.1, 0.15) is 5.75 Å². The van der Waals surface area contributed by atoms with Crippen molar-refractivity contribution in [2.45, 2.75) is 20.3 Å². The lowest BCUT2D eigenvalue weighted by atomic mass is 10.1. The van der Waals surface area contributed by atoms with Gasteiger partial charge in [0.2, 0.25) is 0 Å². The van der Waals surface area contributed by atoms with Gasteiger partial charge in [-0.2, -0.15) is 0 Å². The van der Waals surface area contributed by atoms with Gasteiger partial charge >= 0.3 is 6.09 Å². The van der Waals surface area contributed by atoms with Crippen molar-refractivity contribution in [2.24, 2.45) is 0 Å².